The van der Waals surface area contributed by atoms with Crippen molar-refractivity contribution in [3.8, 4) is 11.4 Å². The highest BCUT2D eigenvalue weighted by Gasteiger charge is 2.21. The number of benzene rings is 2. The van der Waals surface area contributed by atoms with E-state index in [4.69, 9.17) is 4.74 Å². The van der Waals surface area contributed by atoms with Crippen LogP contribution in [-0.2, 0) is 6.42 Å². The van der Waals surface area contributed by atoms with Crippen molar-refractivity contribution in [1.82, 2.24) is 20.0 Å². The lowest BCUT2D eigenvalue weighted by Gasteiger charge is -2.38. The van der Waals surface area contributed by atoms with Crippen LogP contribution in [0.2, 0.25) is 0 Å². The van der Waals surface area contributed by atoms with E-state index in [9.17, 15) is 4.39 Å². The first-order valence-electron chi connectivity index (χ1n) is 10.8. The van der Waals surface area contributed by atoms with Crippen molar-refractivity contribution in [2.45, 2.75) is 6.42 Å². The second kappa shape index (κ2) is 11.9. The van der Waals surface area contributed by atoms with Crippen molar-refractivity contribution in [2.24, 2.45) is 4.99 Å². The fourth-order valence-corrected chi connectivity index (χ4v) is 3.92. The highest BCUT2D eigenvalue weighted by molar-refractivity contribution is 14.0. The summed E-state index contributed by atoms with van der Waals surface area (Å²) in [6.45, 7) is 4.32. The van der Waals surface area contributed by atoms with Crippen LogP contribution < -0.4 is 15.0 Å². The van der Waals surface area contributed by atoms with Gasteiger partial charge in [-0.15, -0.1) is 24.0 Å². The Morgan fingerprint density at radius 1 is 1.06 bits per heavy atom. The predicted octanol–water partition coefficient (Wildman–Crippen LogP) is 3.58. The zero-order valence-corrected chi connectivity index (χ0v) is 21.3. The van der Waals surface area contributed by atoms with Crippen molar-refractivity contribution >= 4 is 35.6 Å². The fraction of sp³-hybridized carbons (Fsp3) is 0.333. The third-order valence-corrected chi connectivity index (χ3v) is 5.62. The second-order valence-corrected chi connectivity index (χ2v) is 7.60. The Bertz CT molecular complexity index is 1050. The molecule has 1 aromatic heterocycles. The molecule has 9 heteroatoms. The van der Waals surface area contributed by atoms with E-state index in [1.807, 2.05) is 37.5 Å². The molecule has 1 saturated heterocycles. The number of hydrogen-bond acceptors (Lipinski definition) is 4. The number of guanidine groups is 1. The first kappa shape index (κ1) is 24.8. The normalized spacial score (nSPS) is 14.1. The molecule has 0 aliphatic carbocycles. The summed E-state index contributed by atoms with van der Waals surface area (Å²) in [7, 11) is 3.53. The molecule has 1 aliphatic rings. The van der Waals surface area contributed by atoms with E-state index in [0.29, 0.717) is 0 Å². The lowest BCUT2D eigenvalue weighted by Crippen LogP contribution is -2.52. The molecular weight excluding hydrogens is 534 g/mol. The van der Waals surface area contributed by atoms with Crippen molar-refractivity contribution in [3.05, 3.63) is 72.3 Å². The maximum Gasteiger partial charge on any atom is 0.193 e. The van der Waals surface area contributed by atoms with E-state index >= 15 is 0 Å². The molecule has 2 heterocycles. The quantitative estimate of drug-likeness (QED) is 0.282. The van der Waals surface area contributed by atoms with Crippen LogP contribution in [-0.4, -0.2) is 67.5 Å². The summed E-state index contributed by atoms with van der Waals surface area (Å²) in [5, 5.41) is 8.04. The van der Waals surface area contributed by atoms with Gasteiger partial charge >= 0.3 is 0 Å². The van der Waals surface area contributed by atoms with Gasteiger partial charge < -0.3 is 19.9 Å². The summed E-state index contributed by atoms with van der Waals surface area (Å²) in [6.07, 6.45) is 2.67. The highest BCUT2D eigenvalue weighted by Crippen LogP contribution is 2.28. The molecule has 0 saturated carbocycles. The molecular formula is C24H30FIN6O. The summed E-state index contributed by atoms with van der Waals surface area (Å²) >= 11 is 0. The van der Waals surface area contributed by atoms with Gasteiger partial charge in [0.1, 0.15) is 11.6 Å². The number of piperazine rings is 1. The third-order valence-electron chi connectivity index (χ3n) is 5.62. The topological polar surface area (TPSA) is 57.9 Å². The third kappa shape index (κ3) is 6.16. The van der Waals surface area contributed by atoms with Crippen LogP contribution in [0.3, 0.4) is 0 Å². The van der Waals surface area contributed by atoms with Gasteiger partial charge in [0, 0.05) is 52.4 Å². The van der Waals surface area contributed by atoms with Crippen LogP contribution in [0.1, 0.15) is 5.69 Å². The Morgan fingerprint density at radius 3 is 2.48 bits per heavy atom. The van der Waals surface area contributed by atoms with Crippen LogP contribution in [0, 0.1) is 5.82 Å². The van der Waals surface area contributed by atoms with Gasteiger partial charge in [-0.25, -0.2) is 9.07 Å². The lowest BCUT2D eigenvalue weighted by molar-refractivity contribution is 0.367. The van der Waals surface area contributed by atoms with E-state index in [2.05, 4.69) is 31.3 Å². The Kier molecular flexibility index (Phi) is 8.93. The first-order chi connectivity index (χ1) is 15.7. The number of halogens is 2. The number of nitrogens with one attached hydrogen (secondary N) is 1. The van der Waals surface area contributed by atoms with E-state index in [1.165, 1.54) is 12.1 Å². The molecule has 1 N–H and O–H groups in total. The molecule has 1 fully saturated rings. The molecule has 2 aromatic carbocycles. The van der Waals surface area contributed by atoms with Crippen LogP contribution in [0.15, 0.2) is 65.8 Å². The zero-order chi connectivity index (χ0) is 22.3. The Morgan fingerprint density at radius 2 is 1.79 bits per heavy atom. The Hall–Kier alpha value is -2.82. The number of para-hydroxylation sites is 2. The van der Waals surface area contributed by atoms with E-state index in [1.54, 1.807) is 23.9 Å². The number of nitrogens with zero attached hydrogens (tertiary/aromatic N) is 5. The van der Waals surface area contributed by atoms with Gasteiger partial charge in [0.25, 0.3) is 0 Å². The monoisotopic (exact) mass is 564 g/mol. The van der Waals surface area contributed by atoms with Crippen LogP contribution in [0.25, 0.3) is 5.69 Å². The predicted molar refractivity (Wildman–Crippen MR) is 141 cm³/mol. The fourth-order valence-electron chi connectivity index (χ4n) is 3.92. The summed E-state index contributed by atoms with van der Waals surface area (Å²) in [5.41, 5.74) is 2.95. The standard InChI is InChI=1S/C24H29FN6O.HI/c1-26-24(30-17-15-29(16-18-30)22-5-3-4-6-23(22)32-2)27-13-11-20-12-14-31(28-20)21-9-7-19(25)8-10-21;/h3-10,12,14H,11,13,15-18H2,1-2H3,(H,26,27);1H. The lowest BCUT2D eigenvalue weighted by atomic mass is 10.2. The number of ether oxygens (including phenoxy) is 1. The second-order valence-electron chi connectivity index (χ2n) is 7.60. The first-order valence-corrected chi connectivity index (χ1v) is 10.8. The molecule has 0 bridgehead atoms. The van der Waals surface area contributed by atoms with E-state index < -0.39 is 0 Å². The molecule has 3 aromatic rings. The number of hydrogen-bond donors (Lipinski definition) is 1. The number of aromatic nitrogens is 2. The summed E-state index contributed by atoms with van der Waals surface area (Å²) in [4.78, 5) is 9.10. The molecule has 0 unspecified atom stereocenters. The van der Waals surface area contributed by atoms with Crippen LogP contribution in [0.4, 0.5) is 10.1 Å². The molecule has 1 aliphatic heterocycles. The minimum absolute atomic E-state index is 0. The largest absolute Gasteiger partial charge is 0.495 e. The van der Waals surface area contributed by atoms with Crippen molar-refractivity contribution in [3.63, 3.8) is 0 Å². The smallest absolute Gasteiger partial charge is 0.193 e. The molecule has 33 heavy (non-hydrogen) atoms. The van der Waals surface area contributed by atoms with Gasteiger partial charge in [-0.1, -0.05) is 12.1 Å². The minimum atomic E-state index is -0.250. The molecule has 0 spiro atoms. The van der Waals surface area contributed by atoms with Gasteiger partial charge in [-0.3, -0.25) is 4.99 Å². The summed E-state index contributed by atoms with van der Waals surface area (Å²) in [5.74, 6) is 1.56. The van der Waals surface area contributed by atoms with Crippen LogP contribution in [0.5, 0.6) is 5.75 Å². The number of rotatable bonds is 6. The summed E-state index contributed by atoms with van der Waals surface area (Å²) in [6, 6.07) is 16.4. The zero-order valence-electron chi connectivity index (χ0n) is 18.9. The average molecular weight is 564 g/mol. The Balaban J connectivity index is 0.00000306. The van der Waals surface area contributed by atoms with Gasteiger partial charge in [0.2, 0.25) is 0 Å². The maximum absolute atomic E-state index is 13.1. The van der Waals surface area contributed by atoms with Gasteiger partial charge in [0.15, 0.2) is 5.96 Å². The number of aliphatic imine (C=N–C) groups is 1. The molecule has 0 radical (unpaired) electrons. The van der Waals surface area contributed by atoms with E-state index in [0.717, 1.165) is 67.9 Å². The molecule has 176 valence electrons. The van der Waals surface area contributed by atoms with Crippen LogP contribution >= 0.6 is 24.0 Å². The van der Waals surface area contributed by atoms with Gasteiger partial charge in [0.05, 0.1) is 24.2 Å². The van der Waals surface area contributed by atoms with Crippen molar-refractivity contribution in [2.75, 3.05) is 51.8 Å². The highest BCUT2D eigenvalue weighted by atomic mass is 127. The molecule has 7 nitrogen and oxygen atoms in total. The minimum Gasteiger partial charge on any atom is -0.495 e. The summed E-state index contributed by atoms with van der Waals surface area (Å²) < 4.78 is 20.4. The van der Waals surface area contributed by atoms with Gasteiger partial charge in [-0.05, 0) is 42.5 Å². The van der Waals surface area contributed by atoms with Crippen molar-refractivity contribution in [1.29, 1.82) is 0 Å². The number of anilines is 1. The van der Waals surface area contributed by atoms with E-state index in [-0.39, 0.29) is 29.8 Å². The van der Waals surface area contributed by atoms with Crippen molar-refractivity contribution < 1.29 is 9.13 Å². The maximum atomic E-state index is 13.1. The average Bonchev–Trinajstić information content (AvgIpc) is 3.31. The number of methoxy groups -OCH3 is 1. The Labute approximate surface area is 211 Å². The SMILES string of the molecule is CN=C(NCCc1ccn(-c2ccc(F)cc2)n1)N1CCN(c2ccccc2OC)CC1.I. The van der Waals surface area contributed by atoms with Gasteiger partial charge in [-0.2, -0.15) is 5.10 Å². The molecule has 0 amide bonds. The molecule has 0 atom stereocenters. The molecule has 4 rings (SSSR count).